The normalized spacial score (nSPS) is 18.6. The second-order valence-electron chi connectivity index (χ2n) is 9.85. The monoisotopic (exact) mass is 557 g/mol. The number of anilines is 2. The van der Waals surface area contributed by atoms with Crippen LogP contribution in [0.5, 0.6) is 0 Å². The molecule has 10 nitrogen and oxygen atoms in total. The highest BCUT2D eigenvalue weighted by Crippen LogP contribution is 2.27. The number of amides is 1. The fourth-order valence-electron chi connectivity index (χ4n) is 4.60. The summed E-state index contributed by atoms with van der Waals surface area (Å²) in [4.78, 5) is 21.0. The lowest BCUT2D eigenvalue weighted by molar-refractivity contribution is 0.102. The molecule has 4 rings (SSSR count). The SMILES string of the molecule is Cc1cc(C)nc(NS(=O)(=O)c2ccc(NC(=O)c3ccc(S(=O)(=O)N4C[C@@H](C)C[C@H](C)C4)cc3)cc2)n1. The van der Waals surface area contributed by atoms with Gasteiger partial charge in [-0.2, -0.15) is 4.31 Å². The first kappa shape index (κ1) is 27.7. The second-order valence-corrected chi connectivity index (χ2v) is 13.5. The minimum absolute atomic E-state index is 0.0188. The van der Waals surface area contributed by atoms with Crippen LogP contribution in [0.1, 0.15) is 42.0 Å². The van der Waals surface area contributed by atoms with Gasteiger partial charge in [-0.15, -0.1) is 0 Å². The molecule has 2 heterocycles. The van der Waals surface area contributed by atoms with Crippen molar-refractivity contribution in [3.05, 3.63) is 71.5 Å². The molecule has 1 aromatic heterocycles. The lowest BCUT2D eigenvalue weighted by Crippen LogP contribution is -2.42. The van der Waals surface area contributed by atoms with E-state index < -0.39 is 26.0 Å². The van der Waals surface area contributed by atoms with Gasteiger partial charge in [0.25, 0.3) is 15.9 Å². The molecule has 2 aromatic carbocycles. The lowest BCUT2D eigenvalue weighted by Gasteiger charge is -2.34. The van der Waals surface area contributed by atoms with Crippen LogP contribution in [0, 0.1) is 25.7 Å². The van der Waals surface area contributed by atoms with Crippen LogP contribution in [-0.4, -0.2) is 50.1 Å². The Hall–Kier alpha value is -3.35. The van der Waals surface area contributed by atoms with Gasteiger partial charge in [0.15, 0.2) is 0 Å². The number of aryl methyl sites for hydroxylation is 2. The van der Waals surface area contributed by atoms with E-state index in [1.165, 1.54) is 52.8 Å². The predicted octanol–water partition coefficient (Wildman–Crippen LogP) is 3.81. The zero-order chi connectivity index (χ0) is 27.7. The number of carbonyl (C=O) groups is 1. The van der Waals surface area contributed by atoms with Crippen LogP contribution < -0.4 is 10.0 Å². The quantitative estimate of drug-likeness (QED) is 0.450. The molecule has 1 saturated heterocycles. The van der Waals surface area contributed by atoms with E-state index in [-0.39, 0.29) is 33.1 Å². The van der Waals surface area contributed by atoms with E-state index in [4.69, 9.17) is 0 Å². The van der Waals surface area contributed by atoms with Crippen molar-refractivity contribution < 1.29 is 21.6 Å². The first-order chi connectivity index (χ1) is 17.8. The maximum absolute atomic E-state index is 13.1. The zero-order valence-corrected chi connectivity index (χ0v) is 23.3. The van der Waals surface area contributed by atoms with Crippen LogP contribution in [0.15, 0.2) is 64.4 Å². The Balaban J connectivity index is 1.42. The van der Waals surface area contributed by atoms with Gasteiger partial charge < -0.3 is 5.32 Å². The number of hydrogen-bond donors (Lipinski definition) is 2. The lowest BCUT2D eigenvalue weighted by atomic mass is 9.94. The highest BCUT2D eigenvalue weighted by Gasteiger charge is 2.31. The molecule has 0 spiro atoms. The van der Waals surface area contributed by atoms with Gasteiger partial charge >= 0.3 is 0 Å². The van der Waals surface area contributed by atoms with Crippen LogP contribution in [0.25, 0.3) is 0 Å². The van der Waals surface area contributed by atoms with Crippen LogP contribution in [0.3, 0.4) is 0 Å². The molecule has 2 atom stereocenters. The van der Waals surface area contributed by atoms with Gasteiger partial charge in [0.05, 0.1) is 9.79 Å². The summed E-state index contributed by atoms with van der Waals surface area (Å²) in [6.45, 7) is 8.53. The minimum Gasteiger partial charge on any atom is -0.322 e. The molecule has 3 aromatic rings. The number of benzene rings is 2. The second kappa shape index (κ2) is 10.8. The molecule has 1 amide bonds. The van der Waals surface area contributed by atoms with E-state index in [9.17, 15) is 21.6 Å². The van der Waals surface area contributed by atoms with Gasteiger partial charge in [0.1, 0.15) is 0 Å². The van der Waals surface area contributed by atoms with Gasteiger partial charge in [0, 0.05) is 35.7 Å². The van der Waals surface area contributed by atoms with E-state index in [2.05, 4.69) is 20.0 Å². The molecule has 1 fully saturated rings. The molecule has 1 aliphatic heterocycles. The number of carbonyl (C=O) groups excluding carboxylic acids is 1. The van der Waals surface area contributed by atoms with Crippen molar-refractivity contribution in [3.63, 3.8) is 0 Å². The van der Waals surface area contributed by atoms with Crippen molar-refractivity contribution in [3.8, 4) is 0 Å². The average Bonchev–Trinajstić information content (AvgIpc) is 2.83. The molecule has 38 heavy (non-hydrogen) atoms. The summed E-state index contributed by atoms with van der Waals surface area (Å²) in [7, 11) is -7.57. The maximum atomic E-state index is 13.1. The summed E-state index contributed by atoms with van der Waals surface area (Å²) < 4.78 is 55.4. The number of aromatic nitrogens is 2. The summed E-state index contributed by atoms with van der Waals surface area (Å²) >= 11 is 0. The molecule has 1 aliphatic rings. The van der Waals surface area contributed by atoms with Crippen LogP contribution in [0.4, 0.5) is 11.6 Å². The molecule has 0 radical (unpaired) electrons. The molecule has 202 valence electrons. The summed E-state index contributed by atoms with van der Waals surface area (Å²) in [6, 6.07) is 13.2. The molecule has 12 heteroatoms. The van der Waals surface area contributed by atoms with E-state index in [0.29, 0.717) is 30.2 Å². The smallest absolute Gasteiger partial charge is 0.264 e. The van der Waals surface area contributed by atoms with E-state index in [1.54, 1.807) is 19.9 Å². The summed E-state index contributed by atoms with van der Waals surface area (Å²) in [5, 5.41) is 2.70. The average molecular weight is 558 g/mol. The van der Waals surface area contributed by atoms with Crippen molar-refractivity contribution in [2.45, 2.75) is 43.9 Å². The minimum atomic E-state index is -3.93. The Morgan fingerprint density at radius 1 is 0.842 bits per heavy atom. The van der Waals surface area contributed by atoms with E-state index in [1.807, 2.05) is 13.8 Å². The fraction of sp³-hybridized carbons (Fsp3) is 0.346. The van der Waals surface area contributed by atoms with Crippen molar-refractivity contribution in [2.24, 2.45) is 11.8 Å². The molecule has 0 bridgehead atoms. The third kappa shape index (κ3) is 6.37. The number of sulfonamides is 2. The van der Waals surface area contributed by atoms with Gasteiger partial charge in [-0.1, -0.05) is 13.8 Å². The van der Waals surface area contributed by atoms with Gasteiger partial charge in [-0.05, 0) is 86.7 Å². The van der Waals surface area contributed by atoms with Crippen LogP contribution in [-0.2, 0) is 20.0 Å². The van der Waals surface area contributed by atoms with Crippen LogP contribution >= 0.6 is 0 Å². The number of piperidine rings is 1. The maximum Gasteiger partial charge on any atom is 0.264 e. The van der Waals surface area contributed by atoms with Gasteiger partial charge in [-0.3, -0.25) is 4.79 Å². The molecular weight excluding hydrogens is 526 g/mol. The first-order valence-corrected chi connectivity index (χ1v) is 15.1. The standard InChI is InChI=1S/C26H31N5O5S2/c1-17-13-18(2)16-31(15-17)38(35,36)24-9-5-21(6-10-24)25(32)29-22-7-11-23(12-8-22)37(33,34)30-26-27-19(3)14-20(4)28-26/h5-12,14,17-18H,13,15-16H2,1-4H3,(H,29,32)(H,27,28,30)/t17-,18-/m0/s1. The molecule has 0 saturated carbocycles. The van der Waals surface area contributed by atoms with Crippen molar-refractivity contribution >= 4 is 37.6 Å². The van der Waals surface area contributed by atoms with Crippen molar-refractivity contribution in [1.29, 1.82) is 0 Å². The van der Waals surface area contributed by atoms with E-state index in [0.717, 1.165) is 6.42 Å². The third-order valence-electron chi connectivity index (χ3n) is 6.22. The number of rotatable bonds is 7. The van der Waals surface area contributed by atoms with Crippen molar-refractivity contribution in [1.82, 2.24) is 14.3 Å². The number of nitrogens with one attached hydrogen (secondary N) is 2. The Labute approximate surface area is 223 Å². The Morgan fingerprint density at radius 3 is 1.92 bits per heavy atom. The first-order valence-electron chi connectivity index (χ1n) is 12.2. The van der Waals surface area contributed by atoms with Crippen LogP contribution in [0.2, 0.25) is 0 Å². The number of hydrogen-bond acceptors (Lipinski definition) is 7. The van der Waals surface area contributed by atoms with Gasteiger partial charge in [0.2, 0.25) is 16.0 Å². The van der Waals surface area contributed by atoms with E-state index >= 15 is 0 Å². The Kier molecular flexibility index (Phi) is 7.86. The summed E-state index contributed by atoms with van der Waals surface area (Å²) in [5.74, 6) is 0.104. The zero-order valence-electron chi connectivity index (χ0n) is 21.7. The summed E-state index contributed by atoms with van der Waals surface area (Å²) in [6.07, 6.45) is 0.995. The predicted molar refractivity (Wildman–Crippen MR) is 145 cm³/mol. The third-order valence-corrected chi connectivity index (χ3v) is 9.41. The highest BCUT2D eigenvalue weighted by molar-refractivity contribution is 7.92. The molecule has 0 unspecified atom stereocenters. The fourth-order valence-corrected chi connectivity index (χ4v) is 7.22. The molecule has 2 N–H and O–H groups in total. The Bertz CT molecular complexity index is 1510. The number of nitrogens with zero attached hydrogens (tertiary/aromatic N) is 3. The molecule has 0 aliphatic carbocycles. The van der Waals surface area contributed by atoms with Crippen molar-refractivity contribution in [2.75, 3.05) is 23.1 Å². The Morgan fingerprint density at radius 2 is 1.37 bits per heavy atom. The highest BCUT2D eigenvalue weighted by atomic mass is 32.2. The topological polar surface area (TPSA) is 138 Å². The summed E-state index contributed by atoms with van der Waals surface area (Å²) in [5.41, 5.74) is 1.92. The largest absolute Gasteiger partial charge is 0.322 e. The van der Waals surface area contributed by atoms with Gasteiger partial charge in [-0.25, -0.2) is 31.5 Å². The molecular formula is C26H31N5O5S2.